The molecule has 1 saturated carbocycles. The fourth-order valence-corrected chi connectivity index (χ4v) is 5.48. The fourth-order valence-electron chi connectivity index (χ4n) is 2.16. The van der Waals surface area contributed by atoms with Gasteiger partial charge in [-0.1, -0.05) is 12.8 Å². The zero-order valence-electron chi connectivity index (χ0n) is 9.49. The third kappa shape index (κ3) is 3.25. The second-order valence-corrected chi connectivity index (χ2v) is 8.41. The summed E-state index contributed by atoms with van der Waals surface area (Å²) in [5.41, 5.74) is 6.13. The maximum atomic E-state index is 6.13. The largest absolute Gasteiger partial charge is 0.327 e. The Kier molecular flexibility index (Phi) is 4.76. The van der Waals surface area contributed by atoms with Crippen LogP contribution in [0.3, 0.4) is 0 Å². The quantitative estimate of drug-likeness (QED) is 0.879. The van der Waals surface area contributed by atoms with Crippen molar-refractivity contribution in [3.8, 4) is 0 Å². The smallest absolute Gasteiger partial charge is 0.0701 e. The summed E-state index contributed by atoms with van der Waals surface area (Å²) >= 11 is 7.45. The van der Waals surface area contributed by atoms with Crippen LogP contribution >= 0.6 is 39.0 Å². The van der Waals surface area contributed by atoms with Crippen molar-refractivity contribution in [2.75, 3.05) is 0 Å². The summed E-state index contributed by atoms with van der Waals surface area (Å²) in [7, 11) is 0. The predicted octanol–water partition coefficient (Wildman–Crippen LogP) is 4.57. The molecule has 1 aliphatic carbocycles. The molecule has 90 valence electrons. The Morgan fingerprint density at radius 1 is 1.44 bits per heavy atom. The van der Waals surface area contributed by atoms with E-state index in [1.165, 1.54) is 34.3 Å². The van der Waals surface area contributed by atoms with Crippen molar-refractivity contribution in [2.45, 2.75) is 49.1 Å². The van der Waals surface area contributed by atoms with Gasteiger partial charge in [-0.05, 0) is 47.8 Å². The third-order valence-corrected chi connectivity index (χ3v) is 6.68. The lowest BCUT2D eigenvalue weighted by molar-refractivity contribution is 0.723. The fraction of sp³-hybridized carbons (Fsp3) is 0.667. The molecule has 1 aromatic rings. The molecule has 1 aliphatic rings. The highest BCUT2D eigenvalue weighted by Crippen LogP contribution is 2.43. The summed E-state index contributed by atoms with van der Waals surface area (Å²) in [6, 6.07) is 4.58. The summed E-state index contributed by atoms with van der Waals surface area (Å²) in [6.45, 7) is 2.13. The molecule has 1 nitrogen and oxygen atoms in total. The maximum absolute atomic E-state index is 6.13. The zero-order valence-corrected chi connectivity index (χ0v) is 12.7. The van der Waals surface area contributed by atoms with Crippen LogP contribution in [-0.4, -0.2) is 11.3 Å². The van der Waals surface area contributed by atoms with Crippen LogP contribution in [0, 0.1) is 0 Å². The van der Waals surface area contributed by atoms with E-state index in [1.54, 1.807) is 0 Å². The lowest BCUT2D eigenvalue weighted by Crippen LogP contribution is -2.23. The Morgan fingerprint density at radius 2 is 2.12 bits per heavy atom. The van der Waals surface area contributed by atoms with Gasteiger partial charge in [-0.3, -0.25) is 0 Å². The Morgan fingerprint density at radius 3 is 2.62 bits per heavy atom. The molecule has 0 spiro atoms. The van der Waals surface area contributed by atoms with Gasteiger partial charge in [-0.15, -0.1) is 23.1 Å². The third-order valence-electron chi connectivity index (χ3n) is 2.99. The van der Waals surface area contributed by atoms with Gasteiger partial charge in [0.15, 0.2) is 0 Å². The van der Waals surface area contributed by atoms with E-state index in [9.17, 15) is 0 Å². The molecule has 0 radical (unpaired) electrons. The van der Waals surface area contributed by atoms with Crippen LogP contribution in [-0.2, 0) is 0 Å². The number of halogens is 1. The van der Waals surface area contributed by atoms with Crippen molar-refractivity contribution in [2.24, 2.45) is 5.73 Å². The minimum Gasteiger partial charge on any atom is -0.327 e. The van der Waals surface area contributed by atoms with E-state index in [-0.39, 0.29) is 6.04 Å². The Hall–Kier alpha value is 0.490. The van der Waals surface area contributed by atoms with Gasteiger partial charge in [0.2, 0.25) is 0 Å². The summed E-state index contributed by atoms with van der Waals surface area (Å²) in [5.74, 6) is 0. The van der Waals surface area contributed by atoms with Crippen LogP contribution in [0.15, 0.2) is 15.9 Å². The van der Waals surface area contributed by atoms with Crippen molar-refractivity contribution in [3.05, 3.63) is 20.8 Å². The van der Waals surface area contributed by atoms with Crippen LogP contribution < -0.4 is 5.73 Å². The molecule has 2 N–H and O–H groups in total. The summed E-state index contributed by atoms with van der Waals surface area (Å²) in [6.07, 6.45) is 5.55. The standard InChI is InChI=1S/C12H18BrNS2/c1-8(14)12(10-6-7-11(13)16-10)15-9-4-2-3-5-9/h6-9,12H,2-5,14H2,1H3. The van der Waals surface area contributed by atoms with Crippen LogP contribution in [0.4, 0.5) is 0 Å². The first kappa shape index (κ1) is 12.9. The van der Waals surface area contributed by atoms with Crippen molar-refractivity contribution in [3.63, 3.8) is 0 Å². The number of hydrogen-bond donors (Lipinski definition) is 1. The van der Waals surface area contributed by atoms with Crippen LogP contribution in [0.5, 0.6) is 0 Å². The Labute approximate surface area is 114 Å². The van der Waals surface area contributed by atoms with Gasteiger partial charge < -0.3 is 5.73 Å². The number of nitrogens with two attached hydrogens (primary N) is 1. The number of rotatable bonds is 4. The van der Waals surface area contributed by atoms with Gasteiger partial charge in [-0.2, -0.15) is 0 Å². The van der Waals surface area contributed by atoms with Crippen molar-refractivity contribution in [1.29, 1.82) is 0 Å². The number of hydrogen-bond acceptors (Lipinski definition) is 3. The van der Waals surface area contributed by atoms with E-state index in [0.29, 0.717) is 5.25 Å². The van der Waals surface area contributed by atoms with Gasteiger partial charge in [0.25, 0.3) is 0 Å². The normalized spacial score (nSPS) is 21.2. The number of thiophene rings is 1. The minimum atomic E-state index is 0.233. The van der Waals surface area contributed by atoms with Gasteiger partial charge in [-0.25, -0.2) is 0 Å². The van der Waals surface area contributed by atoms with Crippen molar-refractivity contribution in [1.82, 2.24) is 0 Å². The average molecular weight is 320 g/mol. The molecule has 0 bridgehead atoms. The molecule has 1 aromatic heterocycles. The highest BCUT2D eigenvalue weighted by Gasteiger charge is 2.25. The van der Waals surface area contributed by atoms with E-state index >= 15 is 0 Å². The Balaban J connectivity index is 2.04. The Bertz CT molecular complexity index is 332. The lowest BCUT2D eigenvalue weighted by atomic mass is 10.2. The predicted molar refractivity (Wildman–Crippen MR) is 78.3 cm³/mol. The van der Waals surface area contributed by atoms with Crippen LogP contribution in [0.1, 0.15) is 42.7 Å². The molecular formula is C12H18BrNS2. The van der Waals surface area contributed by atoms with E-state index in [4.69, 9.17) is 5.73 Å². The summed E-state index contributed by atoms with van der Waals surface area (Å²) < 4.78 is 1.21. The first-order valence-electron chi connectivity index (χ1n) is 5.83. The summed E-state index contributed by atoms with van der Waals surface area (Å²) in [5, 5.41) is 1.30. The molecule has 2 atom stereocenters. The highest BCUT2D eigenvalue weighted by atomic mass is 79.9. The molecule has 16 heavy (non-hydrogen) atoms. The molecule has 0 amide bonds. The second kappa shape index (κ2) is 5.89. The van der Waals surface area contributed by atoms with E-state index in [1.807, 2.05) is 11.3 Å². The van der Waals surface area contributed by atoms with Crippen molar-refractivity contribution >= 4 is 39.0 Å². The van der Waals surface area contributed by atoms with Gasteiger partial charge in [0, 0.05) is 16.2 Å². The van der Waals surface area contributed by atoms with Crippen molar-refractivity contribution < 1.29 is 0 Å². The highest BCUT2D eigenvalue weighted by molar-refractivity contribution is 9.11. The molecule has 1 fully saturated rings. The molecule has 0 aromatic carbocycles. The van der Waals surface area contributed by atoms with Gasteiger partial charge in [0.05, 0.1) is 9.04 Å². The van der Waals surface area contributed by atoms with E-state index in [2.05, 4.69) is 46.7 Å². The van der Waals surface area contributed by atoms with E-state index in [0.717, 1.165) is 5.25 Å². The first-order valence-corrected chi connectivity index (χ1v) is 8.38. The molecule has 4 heteroatoms. The molecule has 2 rings (SSSR count). The van der Waals surface area contributed by atoms with Crippen LogP contribution in [0.2, 0.25) is 0 Å². The second-order valence-electron chi connectivity index (χ2n) is 4.46. The SMILES string of the molecule is CC(N)C(SC1CCCC1)c1ccc(Br)s1. The van der Waals surface area contributed by atoms with Gasteiger partial charge in [0.1, 0.15) is 0 Å². The molecular weight excluding hydrogens is 302 g/mol. The lowest BCUT2D eigenvalue weighted by Gasteiger charge is -2.22. The zero-order chi connectivity index (χ0) is 11.5. The summed E-state index contributed by atoms with van der Waals surface area (Å²) in [4.78, 5) is 1.42. The average Bonchev–Trinajstić information content (AvgIpc) is 2.84. The molecule has 0 saturated heterocycles. The topological polar surface area (TPSA) is 26.0 Å². The minimum absolute atomic E-state index is 0.233. The molecule has 2 unspecified atom stereocenters. The van der Waals surface area contributed by atoms with Gasteiger partial charge >= 0.3 is 0 Å². The first-order chi connectivity index (χ1) is 7.66. The molecule has 1 heterocycles. The number of thioether (sulfide) groups is 1. The van der Waals surface area contributed by atoms with Crippen LogP contribution in [0.25, 0.3) is 0 Å². The van der Waals surface area contributed by atoms with E-state index < -0.39 is 0 Å². The molecule has 0 aliphatic heterocycles. The monoisotopic (exact) mass is 319 g/mol. The maximum Gasteiger partial charge on any atom is 0.0701 e.